The van der Waals surface area contributed by atoms with Crippen LogP contribution in [0.4, 0.5) is 5.69 Å². The number of carbonyl (C=O) groups is 2. The fourth-order valence-electron chi connectivity index (χ4n) is 2.86. The molecule has 26 heavy (non-hydrogen) atoms. The lowest BCUT2D eigenvalue weighted by molar-refractivity contribution is -0.119. The molecule has 5 heteroatoms. The standard InChI is InChI=1S/C21H21NO3S/c1-3-7-16-12-19(26-14(16)2)21(24)25-13-20(23)22-18-11-6-9-15-8-4-5-10-17(15)18/h4-6,8-12H,3,7,13H2,1-2H3,(H,22,23). The second-order valence-electron chi connectivity index (χ2n) is 6.09. The molecule has 1 amide bonds. The quantitative estimate of drug-likeness (QED) is 0.627. The predicted molar refractivity (Wildman–Crippen MR) is 106 cm³/mol. The van der Waals surface area contributed by atoms with E-state index in [9.17, 15) is 9.59 Å². The molecular formula is C21H21NO3S. The number of esters is 1. The highest BCUT2D eigenvalue weighted by Crippen LogP contribution is 2.24. The molecule has 0 aliphatic heterocycles. The van der Waals surface area contributed by atoms with E-state index in [4.69, 9.17) is 4.74 Å². The molecule has 0 fully saturated rings. The maximum absolute atomic E-state index is 12.2. The summed E-state index contributed by atoms with van der Waals surface area (Å²) in [6.45, 7) is 3.80. The molecule has 0 saturated carbocycles. The minimum absolute atomic E-state index is 0.303. The Hall–Kier alpha value is -2.66. The maximum atomic E-state index is 12.2. The third-order valence-corrected chi connectivity index (χ3v) is 5.21. The van der Waals surface area contributed by atoms with Crippen LogP contribution in [0.1, 0.15) is 33.5 Å². The van der Waals surface area contributed by atoms with Gasteiger partial charge in [0.05, 0.1) is 0 Å². The SMILES string of the molecule is CCCc1cc(C(=O)OCC(=O)Nc2cccc3ccccc23)sc1C. The zero-order chi connectivity index (χ0) is 18.5. The molecule has 0 saturated heterocycles. The van der Waals surface area contributed by atoms with Gasteiger partial charge in [0.15, 0.2) is 6.61 Å². The van der Waals surface area contributed by atoms with E-state index in [0.29, 0.717) is 10.6 Å². The Morgan fingerprint density at radius 2 is 1.88 bits per heavy atom. The van der Waals surface area contributed by atoms with Crippen molar-refractivity contribution in [3.8, 4) is 0 Å². The normalized spacial score (nSPS) is 10.7. The van der Waals surface area contributed by atoms with Crippen LogP contribution in [0.5, 0.6) is 0 Å². The number of benzene rings is 2. The number of hydrogen-bond donors (Lipinski definition) is 1. The van der Waals surface area contributed by atoms with Crippen molar-refractivity contribution in [3.63, 3.8) is 0 Å². The van der Waals surface area contributed by atoms with Crippen molar-refractivity contribution in [2.75, 3.05) is 11.9 Å². The summed E-state index contributed by atoms with van der Waals surface area (Å²) in [5, 5.41) is 4.81. The molecule has 0 atom stereocenters. The number of aryl methyl sites for hydroxylation is 2. The third kappa shape index (κ3) is 4.11. The monoisotopic (exact) mass is 367 g/mol. The zero-order valence-electron chi connectivity index (χ0n) is 14.9. The first-order valence-corrected chi connectivity index (χ1v) is 9.44. The molecule has 1 N–H and O–H groups in total. The molecular weight excluding hydrogens is 346 g/mol. The summed E-state index contributed by atoms with van der Waals surface area (Å²) >= 11 is 1.41. The van der Waals surface area contributed by atoms with Crippen LogP contribution in [0.3, 0.4) is 0 Å². The van der Waals surface area contributed by atoms with Gasteiger partial charge >= 0.3 is 5.97 Å². The van der Waals surface area contributed by atoms with Crippen LogP contribution in [0.2, 0.25) is 0 Å². The van der Waals surface area contributed by atoms with E-state index < -0.39 is 5.97 Å². The second kappa shape index (κ2) is 8.15. The first kappa shape index (κ1) is 18.1. The van der Waals surface area contributed by atoms with Gasteiger partial charge in [-0.05, 0) is 36.4 Å². The average Bonchev–Trinajstić information content (AvgIpc) is 3.01. The predicted octanol–water partition coefficient (Wildman–Crippen LogP) is 4.96. The molecule has 0 radical (unpaired) electrons. The first-order chi connectivity index (χ1) is 12.6. The van der Waals surface area contributed by atoms with Crippen molar-refractivity contribution in [3.05, 3.63) is 63.8 Å². The smallest absolute Gasteiger partial charge is 0.348 e. The molecule has 4 nitrogen and oxygen atoms in total. The molecule has 1 heterocycles. The summed E-state index contributed by atoms with van der Waals surface area (Å²) in [7, 11) is 0. The summed E-state index contributed by atoms with van der Waals surface area (Å²) in [6, 6.07) is 15.4. The Morgan fingerprint density at radius 1 is 1.12 bits per heavy atom. The Kier molecular flexibility index (Phi) is 5.68. The molecule has 134 valence electrons. The average molecular weight is 367 g/mol. The number of nitrogens with one attached hydrogen (secondary N) is 1. The summed E-state index contributed by atoms with van der Waals surface area (Å²) in [4.78, 5) is 26.0. The second-order valence-corrected chi connectivity index (χ2v) is 7.35. The lowest BCUT2D eigenvalue weighted by Crippen LogP contribution is -2.20. The summed E-state index contributed by atoms with van der Waals surface area (Å²) in [6.07, 6.45) is 1.97. The molecule has 0 aliphatic carbocycles. The van der Waals surface area contributed by atoms with E-state index in [1.54, 1.807) is 0 Å². The Bertz CT molecular complexity index is 940. The van der Waals surface area contributed by atoms with Crippen LogP contribution >= 0.6 is 11.3 Å². The number of carbonyl (C=O) groups excluding carboxylic acids is 2. The number of fused-ring (bicyclic) bond motifs is 1. The van der Waals surface area contributed by atoms with Crippen LogP contribution in [0.25, 0.3) is 10.8 Å². The van der Waals surface area contributed by atoms with Crippen LogP contribution in [-0.4, -0.2) is 18.5 Å². The molecule has 3 aromatic rings. The Labute approximate surface area is 156 Å². The van der Waals surface area contributed by atoms with E-state index in [0.717, 1.165) is 28.5 Å². The van der Waals surface area contributed by atoms with Gasteiger partial charge in [0, 0.05) is 16.0 Å². The zero-order valence-corrected chi connectivity index (χ0v) is 15.7. The van der Waals surface area contributed by atoms with Gasteiger partial charge in [0.25, 0.3) is 5.91 Å². The number of hydrogen-bond acceptors (Lipinski definition) is 4. The van der Waals surface area contributed by atoms with Crippen molar-refractivity contribution >= 4 is 39.7 Å². The first-order valence-electron chi connectivity index (χ1n) is 8.62. The number of amides is 1. The van der Waals surface area contributed by atoms with Gasteiger partial charge in [-0.1, -0.05) is 49.7 Å². The number of ether oxygens (including phenoxy) is 1. The van der Waals surface area contributed by atoms with Gasteiger partial charge in [-0.15, -0.1) is 11.3 Å². The number of rotatable bonds is 6. The van der Waals surface area contributed by atoms with Crippen LogP contribution in [-0.2, 0) is 16.0 Å². The largest absolute Gasteiger partial charge is 0.451 e. The molecule has 2 aromatic carbocycles. The highest BCUT2D eigenvalue weighted by atomic mass is 32.1. The summed E-state index contributed by atoms with van der Waals surface area (Å²) in [5.74, 6) is -0.801. The van der Waals surface area contributed by atoms with Crippen molar-refractivity contribution in [2.45, 2.75) is 26.7 Å². The van der Waals surface area contributed by atoms with Gasteiger partial charge in [-0.2, -0.15) is 0 Å². The van der Waals surface area contributed by atoms with Gasteiger partial charge in [0.1, 0.15) is 4.88 Å². The van der Waals surface area contributed by atoms with E-state index in [2.05, 4.69) is 12.2 Å². The molecule has 3 rings (SSSR count). The molecule has 0 unspecified atom stereocenters. The highest BCUT2D eigenvalue weighted by Gasteiger charge is 2.15. The summed E-state index contributed by atoms with van der Waals surface area (Å²) in [5.41, 5.74) is 1.88. The Balaban J connectivity index is 1.61. The summed E-state index contributed by atoms with van der Waals surface area (Å²) < 4.78 is 5.18. The van der Waals surface area contributed by atoms with Crippen molar-refractivity contribution in [1.82, 2.24) is 0 Å². The van der Waals surface area contributed by atoms with Gasteiger partial charge in [0.2, 0.25) is 0 Å². The molecule has 0 aliphatic rings. The minimum atomic E-state index is -0.450. The van der Waals surface area contributed by atoms with Gasteiger partial charge < -0.3 is 10.1 Å². The number of anilines is 1. The lowest BCUT2D eigenvalue weighted by Gasteiger charge is -2.09. The van der Waals surface area contributed by atoms with Crippen LogP contribution in [0.15, 0.2) is 48.5 Å². The third-order valence-electron chi connectivity index (χ3n) is 4.14. The molecule has 0 bridgehead atoms. The number of thiophene rings is 1. The maximum Gasteiger partial charge on any atom is 0.348 e. The fourth-order valence-corrected chi connectivity index (χ4v) is 3.83. The van der Waals surface area contributed by atoms with E-state index >= 15 is 0 Å². The van der Waals surface area contributed by atoms with E-state index in [1.165, 1.54) is 16.9 Å². The van der Waals surface area contributed by atoms with Gasteiger partial charge in [-0.3, -0.25) is 4.79 Å². The van der Waals surface area contributed by atoms with Crippen LogP contribution < -0.4 is 5.32 Å². The van der Waals surface area contributed by atoms with Gasteiger partial charge in [-0.25, -0.2) is 4.79 Å². The van der Waals surface area contributed by atoms with Crippen molar-refractivity contribution in [1.29, 1.82) is 0 Å². The highest BCUT2D eigenvalue weighted by molar-refractivity contribution is 7.14. The van der Waals surface area contributed by atoms with Crippen molar-refractivity contribution in [2.24, 2.45) is 0 Å². The fraction of sp³-hybridized carbons (Fsp3) is 0.238. The van der Waals surface area contributed by atoms with E-state index in [-0.39, 0.29) is 12.5 Å². The molecule has 1 aromatic heterocycles. The lowest BCUT2D eigenvalue weighted by atomic mass is 10.1. The molecule has 0 spiro atoms. The Morgan fingerprint density at radius 3 is 2.69 bits per heavy atom. The van der Waals surface area contributed by atoms with Crippen LogP contribution in [0, 0.1) is 6.92 Å². The minimum Gasteiger partial charge on any atom is -0.451 e. The van der Waals surface area contributed by atoms with E-state index in [1.807, 2.05) is 55.5 Å². The van der Waals surface area contributed by atoms with Crippen molar-refractivity contribution < 1.29 is 14.3 Å². The topological polar surface area (TPSA) is 55.4 Å².